The lowest BCUT2D eigenvalue weighted by molar-refractivity contribution is 0.0677. The topological polar surface area (TPSA) is 63.7 Å². The number of benzene rings is 2. The average Bonchev–Trinajstić information content (AvgIpc) is 2.80. The first-order valence-corrected chi connectivity index (χ1v) is 10.9. The Balaban J connectivity index is 1.82. The molecule has 1 aliphatic heterocycles. The summed E-state index contributed by atoms with van der Waals surface area (Å²) in [6, 6.07) is 9.63. The predicted octanol–water partition coefficient (Wildman–Crippen LogP) is 5.66. The number of piperidine rings is 1. The molecule has 6 nitrogen and oxygen atoms in total. The molecule has 0 aliphatic carbocycles. The molecule has 1 saturated heterocycles. The van der Waals surface area contributed by atoms with Crippen molar-refractivity contribution in [3.8, 4) is 11.5 Å². The summed E-state index contributed by atoms with van der Waals surface area (Å²) in [5.74, 6) is 0.883. The van der Waals surface area contributed by atoms with E-state index in [2.05, 4.69) is 17.2 Å². The lowest BCUT2D eigenvalue weighted by atomic mass is 10.00. The van der Waals surface area contributed by atoms with Crippen LogP contribution in [0.2, 0.25) is 5.02 Å². The van der Waals surface area contributed by atoms with Crippen LogP contribution in [0.25, 0.3) is 10.9 Å². The molecule has 2 heterocycles. The minimum Gasteiger partial charge on any atom is -0.493 e. The molecule has 3 aromatic rings. The number of ether oxygens (including phenoxy) is 2. The van der Waals surface area contributed by atoms with Gasteiger partial charge in [-0.2, -0.15) is 0 Å². The number of aromatic nitrogens is 1. The zero-order chi connectivity index (χ0) is 22.8. The van der Waals surface area contributed by atoms with Gasteiger partial charge in [-0.1, -0.05) is 18.5 Å². The Kier molecular flexibility index (Phi) is 6.37. The number of methoxy groups -OCH3 is 2. The molecule has 1 fully saturated rings. The number of hydrogen-bond donors (Lipinski definition) is 1. The van der Waals surface area contributed by atoms with E-state index in [1.807, 2.05) is 4.90 Å². The van der Waals surface area contributed by atoms with E-state index in [4.69, 9.17) is 21.1 Å². The number of pyridine rings is 1. The van der Waals surface area contributed by atoms with Crippen LogP contribution in [0, 0.1) is 11.7 Å². The second-order valence-corrected chi connectivity index (χ2v) is 8.44. The second-order valence-electron chi connectivity index (χ2n) is 8.03. The summed E-state index contributed by atoms with van der Waals surface area (Å²) in [6.07, 6.45) is 2.09. The van der Waals surface area contributed by atoms with Crippen LogP contribution in [0.15, 0.2) is 36.4 Å². The van der Waals surface area contributed by atoms with Crippen LogP contribution < -0.4 is 14.8 Å². The fourth-order valence-corrected chi connectivity index (χ4v) is 4.21. The monoisotopic (exact) mass is 457 g/mol. The Morgan fingerprint density at radius 3 is 2.62 bits per heavy atom. The number of amides is 1. The lowest BCUT2D eigenvalue weighted by Crippen LogP contribution is -2.39. The van der Waals surface area contributed by atoms with Gasteiger partial charge in [0.25, 0.3) is 5.91 Å². The number of nitrogens with zero attached hydrogens (tertiary/aromatic N) is 2. The van der Waals surface area contributed by atoms with Gasteiger partial charge in [-0.05, 0) is 49.1 Å². The van der Waals surface area contributed by atoms with E-state index in [-0.39, 0.29) is 10.9 Å². The molecule has 1 amide bonds. The smallest absolute Gasteiger partial charge is 0.272 e. The van der Waals surface area contributed by atoms with Crippen molar-refractivity contribution in [2.75, 3.05) is 32.6 Å². The van der Waals surface area contributed by atoms with Crippen LogP contribution in [0.1, 0.15) is 30.3 Å². The number of hydrogen-bond acceptors (Lipinski definition) is 5. The van der Waals surface area contributed by atoms with Gasteiger partial charge in [0.1, 0.15) is 11.5 Å². The van der Waals surface area contributed by atoms with Gasteiger partial charge in [0.15, 0.2) is 11.5 Å². The zero-order valence-corrected chi connectivity index (χ0v) is 19.0. The van der Waals surface area contributed by atoms with Gasteiger partial charge in [0.2, 0.25) is 0 Å². The fourth-order valence-electron chi connectivity index (χ4n) is 4.03. The van der Waals surface area contributed by atoms with Crippen LogP contribution >= 0.6 is 11.6 Å². The van der Waals surface area contributed by atoms with E-state index in [1.54, 1.807) is 38.5 Å². The highest BCUT2D eigenvalue weighted by Gasteiger charge is 2.24. The summed E-state index contributed by atoms with van der Waals surface area (Å²) < 4.78 is 24.5. The maximum atomic E-state index is 13.6. The molecule has 1 aliphatic rings. The standard InChI is InChI=1S/C24H25ClFN3O3/c1-14-5-4-8-29(13-14)24(30)21-11-19(27-15-6-7-18(26)17(25)9-15)16-10-22(31-2)23(32-3)12-20(16)28-21/h6-7,9-12,14H,4-5,8,13H2,1-3H3,(H,27,28)/t14-/m0/s1. The SMILES string of the molecule is COc1cc2nc(C(=O)N3CCC[C@H](C)C3)cc(Nc3ccc(F)c(Cl)c3)c2cc1OC. The van der Waals surface area contributed by atoms with Gasteiger partial charge >= 0.3 is 0 Å². The summed E-state index contributed by atoms with van der Waals surface area (Å²) in [7, 11) is 3.10. The van der Waals surface area contributed by atoms with Crippen molar-refractivity contribution in [2.45, 2.75) is 19.8 Å². The Morgan fingerprint density at radius 2 is 1.94 bits per heavy atom. The van der Waals surface area contributed by atoms with E-state index in [0.29, 0.717) is 53.1 Å². The number of likely N-dealkylation sites (tertiary alicyclic amines) is 1. The molecule has 1 atom stereocenters. The van der Waals surface area contributed by atoms with Crippen LogP contribution in [0.3, 0.4) is 0 Å². The maximum Gasteiger partial charge on any atom is 0.272 e. The minimum absolute atomic E-state index is 0.00576. The molecule has 0 unspecified atom stereocenters. The molecule has 1 N–H and O–H groups in total. The van der Waals surface area contributed by atoms with E-state index in [1.165, 1.54) is 12.1 Å². The number of nitrogens with one attached hydrogen (secondary N) is 1. The summed E-state index contributed by atoms with van der Waals surface area (Å²) >= 11 is 5.96. The van der Waals surface area contributed by atoms with Crippen LogP contribution in [-0.2, 0) is 0 Å². The van der Waals surface area contributed by atoms with Crippen LogP contribution in [-0.4, -0.2) is 43.1 Å². The van der Waals surface area contributed by atoms with E-state index >= 15 is 0 Å². The Bertz CT molecular complexity index is 1170. The van der Waals surface area contributed by atoms with Crippen molar-refractivity contribution in [1.82, 2.24) is 9.88 Å². The highest BCUT2D eigenvalue weighted by atomic mass is 35.5. The first-order valence-electron chi connectivity index (χ1n) is 10.5. The highest BCUT2D eigenvalue weighted by molar-refractivity contribution is 6.31. The predicted molar refractivity (Wildman–Crippen MR) is 124 cm³/mol. The third-order valence-electron chi connectivity index (χ3n) is 5.68. The molecular formula is C24H25ClFN3O3. The van der Waals surface area contributed by atoms with Crippen molar-refractivity contribution < 1.29 is 18.7 Å². The third kappa shape index (κ3) is 4.43. The first kappa shape index (κ1) is 22.1. The van der Waals surface area contributed by atoms with E-state index < -0.39 is 5.82 Å². The van der Waals surface area contributed by atoms with Crippen molar-refractivity contribution in [3.05, 3.63) is 52.9 Å². The Morgan fingerprint density at radius 1 is 1.19 bits per heavy atom. The fraction of sp³-hybridized carbons (Fsp3) is 0.333. The molecule has 0 spiro atoms. The number of halogens is 2. The van der Waals surface area contributed by atoms with Gasteiger partial charge in [0.05, 0.1) is 30.4 Å². The van der Waals surface area contributed by atoms with Gasteiger partial charge in [-0.15, -0.1) is 0 Å². The minimum atomic E-state index is -0.502. The van der Waals surface area contributed by atoms with Crippen molar-refractivity contribution >= 4 is 39.8 Å². The third-order valence-corrected chi connectivity index (χ3v) is 5.97. The molecule has 168 valence electrons. The number of rotatable bonds is 5. The number of fused-ring (bicyclic) bond motifs is 1. The van der Waals surface area contributed by atoms with Crippen LogP contribution in [0.5, 0.6) is 11.5 Å². The lowest BCUT2D eigenvalue weighted by Gasteiger charge is -2.30. The van der Waals surface area contributed by atoms with Gasteiger partial charge < -0.3 is 19.7 Å². The van der Waals surface area contributed by atoms with Crippen molar-refractivity contribution in [1.29, 1.82) is 0 Å². The quantitative estimate of drug-likeness (QED) is 0.535. The second kappa shape index (κ2) is 9.20. The normalized spacial score (nSPS) is 16.2. The average molecular weight is 458 g/mol. The molecule has 0 radical (unpaired) electrons. The maximum absolute atomic E-state index is 13.6. The molecule has 32 heavy (non-hydrogen) atoms. The Hall–Kier alpha value is -3.06. The molecule has 2 aromatic carbocycles. The molecular weight excluding hydrogens is 433 g/mol. The number of anilines is 2. The highest BCUT2D eigenvalue weighted by Crippen LogP contribution is 2.36. The summed E-state index contributed by atoms with van der Waals surface area (Å²) in [5, 5.41) is 3.99. The van der Waals surface area contributed by atoms with Crippen LogP contribution in [0.4, 0.5) is 15.8 Å². The van der Waals surface area contributed by atoms with Crippen molar-refractivity contribution in [2.24, 2.45) is 5.92 Å². The van der Waals surface area contributed by atoms with Crippen molar-refractivity contribution in [3.63, 3.8) is 0 Å². The van der Waals surface area contributed by atoms with E-state index in [9.17, 15) is 9.18 Å². The first-order chi connectivity index (χ1) is 15.4. The van der Waals surface area contributed by atoms with E-state index in [0.717, 1.165) is 18.2 Å². The Labute approximate surface area is 191 Å². The number of carbonyl (C=O) groups is 1. The molecule has 1 aromatic heterocycles. The summed E-state index contributed by atoms with van der Waals surface area (Å²) in [6.45, 7) is 3.57. The largest absolute Gasteiger partial charge is 0.493 e. The molecule has 0 bridgehead atoms. The zero-order valence-electron chi connectivity index (χ0n) is 18.2. The summed E-state index contributed by atoms with van der Waals surface area (Å²) in [4.78, 5) is 19.8. The number of carbonyl (C=O) groups excluding carboxylic acids is 1. The van der Waals surface area contributed by atoms with Gasteiger partial charge in [-0.3, -0.25) is 4.79 Å². The van der Waals surface area contributed by atoms with Gasteiger partial charge in [0, 0.05) is 30.2 Å². The molecule has 4 rings (SSSR count). The van der Waals surface area contributed by atoms with Gasteiger partial charge in [-0.25, -0.2) is 9.37 Å². The summed E-state index contributed by atoms with van der Waals surface area (Å²) in [5.41, 5.74) is 2.12. The molecule has 0 saturated carbocycles. The molecule has 8 heteroatoms.